The summed E-state index contributed by atoms with van der Waals surface area (Å²) in [6, 6.07) is 6.50. The van der Waals surface area contributed by atoms with E-state index in [1.165, 1.54) is 12.4 Å². The summed E-state index contributed by atoms with van der Waals surface area (Å²) in [6.07, 6.45) is -1.94. The van der Waals surface area contributed by atoms with Gasteiger partial charge in [0, 0.05) is 24.5 Å². The van der Waals surface area contributed by atoms with Crippen LogP contribution in [0.5, 0.6) is 0 Å². The molecule has 21 heavy (non-hydrogen) atoms. The molecule has 0 aliphatic rings. The highest BCUT2D eigenvalue weighted by molar-refractivity contribution is 5.70. The van der Waals surface area contributed by atoms with E-state index in [9.17, 15) is 13.2 Å². The summed E-state index contributed by atoms with van der Waals surface area (Å²) in [7, 11) is 0. The maximum Gasteiger partial charge on any atom is 0.417 e. The molecule has 112 valence electrons. The van der Waals surface area contributed by atoms with Gasteiger partial charge in [0.15, 0.2) is 0 Å². The number of nitrogens with zero attached hydrogens (tertiary/aromatic N) is 1. The van der Waals surface area contributed by atoms with Crippen molar-refractivity contribution in [1.82, 2.24) is 10.3 Å². The van der Waals surface area contributed by atoms with Crippen LogP contribution in [-0.2, 0) is 12.7 Å². The van der Waals surface area contributed by atoms with Crippen molar-refractivity contribution in [3.63, 3.8) is 0 Å². The average molecular weight is 294 g/mol. The number of halogens is 3. The van der Waals surface area contributed by atoms with Crippen LogP contribution in [0.4, 0.5) is 13.2 Å². The minimum absolute atomic E-state index is 0.123. The predicted molar refractivity (Wildman–Crippen MR) is 76.8 cm³/mol. The summed E-state index contributed by atoms with van der Waals surface area (Å²) in [5, 5.41) is 3.19. The molecule has 5 heteroatoms. The maximum absolute atomic E-state index is 13.1. The van der Waals surface area contributed by atoms with E-state index in [2.05, 4.69) is 10.3 Å². The Kier molecular flexibility index (Phi) is 4.63. The van der Waals surface area contributed by atoms with Crippen LogP contribution in [0, 0.1) is 6.92 Å². The largest absolute Gasteiger partial charge is 0.417 e. The first-order valence-corrected chi connectivity index (χ1v) is 6.75. The normalized spacial score (nSPS) is 11.7. The van der Waals surface area contributed by atoms with Gasteiger partial charge in [0.2, 0.25) is 0 Å². The fraction of sp³-hybridized carbons (Fsp3) is 0.312. The molecule has 1 aromatic carbocycles. The number of rotatable bonds is 4. The Morgan fingerprint density at radius 3 is 2.52 bits per heavy atom. The molecule has 0 unspecified atom stereocenters. The summed E-state index contributed by atoms with van der Waals surface area (Å²) in [4.78, 5) is 3.84. The lowest BCUT2D eigenvalue weighted by molar-refractivity contribution is -0.137. The Morgan fingerprint density at radius 1 is 1.14 bits per heavy atom. The van der Waals surface area contributed by atoms with E-state index in [0.717, 1.165) is 23.7 Å². The van der Waals surface area contributed by atoms with Gasteiger partial charge in [-0.1, -0.05) is 25.1 Å². The molecular weight excluding hydrogens is 277 g/mol. The van der Waals surface area contributed by atoms with Crippen molar-refractivity contribution in [3.05, 3.63) is 53.3 Å². The minimum Gasteiger partial charge on any atom is -0.313 e. The van der Waals surface area contributed by atoms with Gasteiger partial charge in [0.05, 0.1) is 5.56 Å². The molecule has 1 aromatic heterocycles. The number of hydrogen-bond acceptors (Lipinski definition) is 2. The van der Waals surface area contributed by atoms with E-state index in [4.69, 9.17) is 0 Å². The van der Waals surface area contributed by atoms with Crippen LogP contribution >= 0.6 is 0 Å². The summed E-state index contributed by atoms with van der Waals surface area (Å²) in [6.45, 7) is 5.38. The molecule has 0 spiro atoms. The molecule has 0 atom stereocenters. The number of nitrogens with one attached hydrogen (secondary N) is 1. The molecule has 0 aliphatic carbocycles. The number of aryl methyl sites for hydroxylation is 1. The lowest BCUT2D eigenvalue weighted by atomic mass is 9.96. The molecule has 0 aliphatic heterocycles. The van der Waals surface area contributed by atoms with Crippen molar-refractivity contribution in [3.8, 4) is 11.1 Å². The van der Waals surface area contributed by atoms with Gasteiger partial charge in [-0.15, -0.1) is 0 Å². The molecule has 2 aromatic rings. The van der Waals surface area contributed by atoms with Gasteiger partial charge in [-0.3, -0.25) is 4.98 Å². The molecule has 0 fully saturated rings. The van der Waals surface area contributed by atoms with Crippen LogP contribution in [0.2, 0.25) is 0 Å². The first-order valence-electron chi connectivity index (χ1n) is 6.75. The summed E-state index contributed by atoms with van der Waals surface area (Å²) in [5.74, 6) is 0. The van der Waals surface area contributed by atoms with Gasteiger partial charge in [-0.2, -0.15) is 13.2 Å². The molecule has 2 nitrogen and oxygen atoms in total. The van der Waals surface area contributed by atoms with Gasteiger partial charge < -0.3 is 5.32 Å². The second kappa shape index (κ2) is 6.26. The summed E-state index contributed by atoms with van der Waals surface area (Å²) >= 11 is 0. The van der Waals surface area contributed by atoms with Gasteiger partial charge >= 0.3 is 6.18 Å². The van der Waals surface area contributed by atoms with Gasteiger partial charge in [0.25, 0.3) is 0 Å². The number of aromatic nitrogens is 1. The third kappa shape index (κ3) is 3.61. The first-order chi connectivity index (χ1) is 9.93. The second-order valence-corrected chi connectivity index (χ2v) is 4.85. The molecule has 2 rings (SSSR count). The van der Waals surface area contributed by atoms with Crippen molar-refractivity contribution < 1.29 is 13.2 Å². The topological polar surface area (TPSA) is 24.9 Å². The smallest absolute Gasteiger partial charge is 0.313 e. The predicted octanol–water partition coefficient (Wildman–Crippen LogP) is 4.19. The highest BCUT2D eigenvalue weighted by Gasteiger charge is 2.33. The zero-order valence-electron chi connectivity index (χ0n) is 12.0. The maximum atomic E-state index is 13.1. The SMILES string of the molecule is CCNCc1ccc(-c2cnccc2C(F)(F)F)c(C)c1. The van der Waals surface area contributed by atoms with Crippen LogP contribution in [0.3, 0.4) is 0 Å². The van der Waals surface area contributed by atoms with Crippen LogP contribution in [0.1, 0.15) is 23.6 Å². The molecule has 0 radical (unpaired) electrons. The van der Waals surface area contributed by atoms with Crippen LogP contribution in [0.25, 0.3) is 11.1 Å². The molecule has 0 amide bonds. The molecule has 1 N–H and O–H groups in total. The number of hydrogen-bond donors (Lipinski definition) is 1. The monoisotopic (exact) mass is 294 g/mol. The van der Waals surface area contributed by atoms with E-state index < -0.39 is 11.7 Å². The Morgan fingerprint density at radius 2 is 1.90 bits per heavy atom. The molecule has 1 heterocycles. The Hall–Kier alpha value is -1.88. The quantitative estimate of drug-likeness (QED) is 0.914. The van der Waals surface area contributed by atoms with E-state index in [-0.39, 0.29) is 5.56 Å². The van der Waals surface area contributed by atoms with E-state index in [1.807, 2.05) is 26.0 Å². The lowest BCUT2D eigenvalue weighted by Crippen LogP contribution is -2.12. The Bertz CT molecular complexity index is 621. The molecule has 0 saturated heterocycles. The fourth-order valence-corrected chi connectivity index (χ4v) is 2.26. The first kappa shape index (κ1) is 15.5. The van der Waals surface area contributed by atoms with Crippen molar-refractivity contribution in [2.45, 2.75) is 26.6 Å². The van der Waals surface area contributed by atoms with Crippen molar-refractivity contribution in [1.29, 1.82) is 0 Å². The summed E-state index contributed by atoms with van der Waals surface area (Å²) in [5.41, 5.74) is 1.90. The fourth-order valence-electron chi connectivity index (χ4n) is 2.26. The highest BCUT2D eigenvalue weighted by atomic mass is 19.4. The zero-order chi connectivity index (χ0) is 15.5. The van der Waals surface area contributed by atoms with Gasteiger partial charge in [0.1, 0.15) is 0 Å². The molecular formula is C16H17F3N2. The standard InChI is InChI=1S/C16H17F3N2/c1-3-20-9-12-4-5-13(11(2)8-12)14-10-21-7-6-15(14)16(17,18)19/h4-8,10,20H,3,9H2,1-2H3. The van der Waals surface area contributed by atoms with Crippen LogP contribution in [-0.4, -0.2) is 11.5 Å². The van der Waals surface area contributed by atoms with E-state index in [1.54, 1.807) is 6.07 Å². The number of pyridine rings is 1. The van der Waals surface area contributed by atoms with E-state index >= 15 is 0 Å². The third-order valence-corrected chi connectivity index (χ3v) is 3.29. The van der Waals surface area contributed by atoms with Crippen LogP contribution < -0.4 is 5.32 Å². The molecule has 0 bridgehead atoms. The Balaban J connectivity index is 2.44. The molecule has 0 saturated carbocycles. The Labute approximate surface area is 122 Å². The zero-order valence-corrected chi connectivity index (χ0v) is 12.0. The average Bonchev–Trinajstić information content (AvgIpc) is 2.44. The van der Waals surface area contributed by atoms with Crippen molar-refractivity contribution in [2.75, 3.05) is 6.54 Å². The van der Waals surface area contributed by atoms with E-state index in [0.29, 0.717) is 12.1 Å². The number of benzene rings is 1. The minimum atomic E-state index is -4.38. The van der Waals surface area contributed by atoms with Gasteiger partial charge in [-0.05, 0) is 36.2 Å². The van der Waals surface area contributed by atoms with Gasteiger partial charge in [-0.25, -0.2) is 0 Å². The van der Waals surface area contributed by atoms with Crippen molar-refractivity contribution >= 4 is 0 Å². The highest BCUT2D eigenvalue weighted by Crippen LogP contribution is 2.37. The van der Waals surface area contributed by atoms with Crippen molar-refractivity contribution in [2.24, 2.45) is 0 Å². The number of alkyl halides is 3. The van der Waals surface area contributed by atoms with Crippen LogP contribution in [0.15, 0.2) is 36.7 Å². The summed E-state index contributed by atoms with van der Waals surface area (Å²) < 4.78 is 39.2. The third-order valence-electron chi connectivity index (χ3n) is 3.29. The second-order valence-electron chi connectivity index (χ2n) is 4.85. The lowest BCUT2D eigenvalue weighted by Gasteiger charge is -2.15.